The van der Waals surface area contributed by atoms with E-state index in [1.165, 1.54) is 4.68 Å². The van der Waals surface area contributed by atoms with Gasteiger partial charge < -0.3 is 10.6 Å². The van der Waals surface area contributed by atoms with E-state index < -0.39 is 0 Å². The van der Waals surface area contributed by atoms with E-state index in [1.54, 1.807) is 6.20 Å². The molecule has 0 aromatic carbocycles. The lowest BCUT2D eigenvalue weighted by Gasteiger charge is -2.14. The van der Waals surface area contributed by atoms with Crippen LogP contribution in [0.25, 0.3) is 0 Å². The van der Waals surface area contributed by atoms with Crippen molar-refractivity contribution in [1.29, 1.82) is 0 Å². The lowest BCUT2D eigenvalue weighted by atomic mass is 10.2. The summed E-state index contributed by atoms with van der Waals surface area (Å²) in [6, 6.07) is 0.0802. The Balaban J connectivity index is 2.04. The van der Waals surface area contributed by atoms with E-state index in [1.807, 2.05) is 13.8 Å². The van der Waals surface area contributed by atoms with Crippen LogP contribution < -0.4 is 16.2 Å². The quantitative estimate of drug-likeness (QED) is 0.857. The van der Waals surface area contributed by atoms with E-state index in [4.69, 9.17) is 11.6 Å². The largest absolute Gasteiger partial charge is 0.380 e. The molecular formula is C13H19ClN4O2. The summed E-state index contributed by atoms with van der Waals surface area (Å²) in [7, 11) is 0. The molecule has 2 heterocycles. The highest BCUT2D eigenvalue weighted by molar-refractivity contribution is 6.32. The van der Waals surface area contributed by atoms with Crippen LogP contribution in [0.1, 0.15) is 26.7 Å². The first-order valence-corrected chi connectivity index (χ1v) is 7.14. The van der Waals surface area contributed by atoms with Crippen molar-refractivity contribution in [1.82, 2.24) is 15.1 Å². The van der Waals surface area contributed by atoms with Crippen molar-refractivity contribution in [3.8, 4) is 0 Å². The minimum absolute atomic E-state index is 0.0633. The third kappa shape index (κ3) is 3.50. The van der Waals surface area contributed by atoms with Gasteiger partial charge in [0, 0.05) is 25.6 Å². The molecule has 110 valence electrons. The predicted molar refractivity (Wildman–Crippen MR) is 78.0 cm³/mol. The van der Waals surface area contributed by atoms with Gasteiger partial charge in [-0.05, 0) is 12.3 Å². The third-order valence-corrected chi connectivity index (χ3v) is 3.51. The summed E-state index contributed by atoms with van der Waals surface area (Å²) in [4.78, 5) is 23.1. The number of anilines is 1. The van der Waals surface area contributed by atoms with Crippen LogP contribution in [0, 0.1) is 5.92 Å². The van der Waals surface area contributed by atoms with Gasteiger partial charge in [0.1, 0.15) is 5.02 Å². The van der Waals surface area contributed by atoms with Gasteiger partial charge in [-0.1, -0.05) is 25.4 Å². The Morgan fingerprint density at radius 3 is 2.90 bits per heavy atom. The maximum Gasteiger partial charge on any atom is 0.287 e. The van der Waals surface area contributed by atoms with Crippen molar-refractivity contribution < 1.29 is 4.79 Å². The average Bonchev–Trinajstić information content (AvgIpc) is 2.79. The molecule has 1 fully saturated rings. The summed E-state index contributed by atoms with van der Waals surface area (Å²) in [5, 5.41) is 10.2. The highest BCUT2D eigenvalue weighted by Crippen LogP contribution is 2.16. The van der Waals surface area contributed by atoms with Gasteiger partial charge >= 0.3 is 0 Å². The van der Waals surface area contributed by atoms with Gasteiger partial charge in [-0.25, -0.2) is 4.68 Å². The van der Waals surface area contributed by atoms with Crippen molar-refractivity contribution in [2.45, 2.75) is 39.3 Å². The molecule has 1 aromatic heterocycles. The van der Waals surface area contributed by atoms with Crippen LogP contribution >= 0.6 is 11.6 Å². The number of carbonyl (C=O) groups excluding carboxylic acids is 1. The third-order valence-electron chi connectivity index (χ3n) is 3.15. The van der Waals surface area contributed by atoms with Gasteiger partial charge in [-0.15, -0.1) is 0 Å². The van der Waals surface area contributed by atoms with Crippen LogP contribution in [0.5, 0.6) is 0 Å². The molecule has 1 aliphatic rings. The maximum atomic E-state index is 12.0. The molecule has 7 heteroatoms. The molecule has 1 amide bonds. The number of aromatic nitrogens is 2. The molecule has 1 saturated heterocycles. The van der Waals surface area contributed by atoms with Crippen molar-refractivity contribution in [2.75, 3.05) is 11.9 Å². The second-order valence-electron chi connectivity index (χ2n) is 5.44. The Labute approximate surface area is 122 Å². The van der Waals surface area contributed by atoms with Crippen LogP contribution in [0.3, 0.4) is 0 Å². The molecular weight excluding hydrogens is 280 g/mol. The Morgan fingerprint density at radius 2 is 2.30 bits per heavy atom. The topological polar surface area (TPSA) is 76.0 Å². The SMILES string of the molecule is CC(C)Cn1ncc(NCC2CCC(=O)N2)c(Cl)c1=O. The molecule has 1 unspecified atom stereocenters. The Kier molecular flexibility index (Phi) is 4.65. The van der Waals surface area contributed by atoms with Crippen LogP contribution in [0.4, 0.5) is 5.69 Å². The average molecular weight is 299 g/mol. The first kappa shape index (κ1) is 14.8. The molecule has 1 aromatic rings. The highest BCUT2D eigenvalue weighted by atomic mass is 35.5. The van der Waals surface area contributed by atoms with Gasteiger partial charge in [0.15, 0.2) is 0 Å². The van der Waals surface area contributed by atoms with E-state index in [-0.39, 0.29) is 22.5 Å². The maximum absolute atomic E-state index is 12.0. The Bertz CT molecular complexity index is 556. The summed E-state index contributed by atoms with van der Waals surface area (Å²) in [5.41, 5.74) is 0.221. The number of nitrogens with zero attached hydrogens (tertiary/aromatic N) is 2. The monoisotopic (exact) mass is 298 g/mol. The van der Waals surface area contributed by atoms with Gasteiger partial charge in [-0.3, -0.25) is 9.59 Å². The number of amides is 1. The first-order chi connectivity index (χ1) is 9.47. The van der Waals surface area contributed by atoms with Crippen LogP contribution in [0.2, 0.25) is 5.02 Å². The van der Waals surface area contributed by atoms with Crippen LogP contribution in [0.15, 0.2) is 11.0 Å². The minimum Gasteiger partial charge on any atom is -0.380 e. The van der Waals surface area contributed by atoms with Crippen molar-refractivity contribution in [2.24, 2.45) is 5.92 Å². The van der Waals surface area contributed by atoms with E-state index >= 15 is 0 Å². The molecule has 6 nitrogen and oxygen atoms in total. The summed E-state index contributed by atoms with van der Waals surface area (Å²) in [6.07, 6.45) is 2.90. The Hall–Kier alpha value is -1.56. The van der Waals surface area contributed by atoms with Gasteiger partial charge in [-0.2, -0.15) is 5.10 Å². The van der Waals surface area contributed by atoms with Crippen LogP contribution in [-0.4, -0.2) is 28.3 Å². The molecule has 2 rings (SSSR count). The summed E-state index contributed by atoms with van der Waals surface area (Å²) < 4.78 is 1.37. The fourth-order valence-electron chi connectivity index (χ4n) is 2.13. The Morgan fingerprint density at radius 1 is 1.55 bits per heavy atom. The number of halogens is 1. The van der Waals surface area contributed by atoms with Gasteiger partial charge in [0.05, 0.1) is 11.9 Å². The molecule has 0 spiro atoms. The fraction of sp³-hybridized carbons (Fsp3) is 0.615. The summed E-state index contributed by atoms with van der Waals surface area (Å²) in [5.74, 6) is 0.386. The van der Waals surface area contributed by atoms with Gasteiger partial charge in [0.2, 0.25) is 5.91 Å². The predicted octanol–water partition coefficient (Wildman–Crippen LogP) is 1.24. The lowest BCUT2D eigenvalue weighted by Crippen LogP contribution is -2.33. The molecule has 0 saturated carbocycles. The lowest BCUT2D eigenvalue weighted by molar-refractivity contribution is -0.119. The molecule has 0 bridgehead atoms. The summed E-state index contributed by atoms with van der Waals surface area (Å²) in [6.45, 7) is 5.10. The van der Waals surface area contributed by atoms with Crippen molar-refractivity contribution in [3.63, 3.8) is 0 Å². The van der Waals surface area contributed by atoms with Gasteiger partial charge in [0.25, 0.3) is 5.56 Å². The molecule has 0 radical (unpaired) electrons. The highest BCUT2D eigenvalue weighted by Gasteiger charge is 2.20. The fourth-order valence-corrected chi connectivity index (χ4v) is 2.34. The molecule has 0 aliphatic carbocycles. The van der Waals surface area contributed by atoms with E-state index in [0.717, 1.165) is 6.42 Å². The molecule has 1 aliphatic heterocycles. The molecule has 20 heavy (non-hydrogen) atoms. The number of hydrogen-bond donors (Lipinski definition) is 2. The van der Waals surface area contributed by atoms with Crippen molar-refractivity contribution in [3.05, 3.63) is 21.6 Å². The van der Waals surface area contributed by atoms with E-state index in [0.29, 0.717) is 31.1 Å². The number of rotatable bonds is 5. The van der Waals surface area contributed by atoms with Crippen molar-refractivity contribution >= 4 is 23.2 Å². The smallest absolute Gasteiger partial charge is 0.287 e. The normalized spacial score (nSPS) is 18.4. The van der Waals surface area contributed by atoms with Crippen LogP contribution in [-0.2, 0) is 11.3 Å². The minimum atomic E-state index is -0.291. The first-order valence-electron chi connectivity index (χ1n) is 6.76. The molecule has 1 atom stereocenters. The standard InChI is InChI=1S/C13H19ClN4O2/c1-8(2)7-18-13(20)12(14)10(6-16-18)15-5-9-3-4-11(19)17-9/h6,8-9,15H,3-5,7H2,1-2H3,(H,17,19). The van der Waals surface area contributed by atoms with E-state index in [9.17, 15) is 9.59 Å². The second-order valence-corrected chi connectivity index (χ2v) is 5.82. The zero-order valence-corrected chi connectivity index (χ0v) is 12.4. The molecule has 2 N–H and O–H groups in total. The van der Waals surface area contributed by atoms with E-state index in [2.05, 4.69) is 15.7 Å². The number of nitrogens with one attached hydrogen (secondary N) is 2. The number of hydrogen-bond acceptors (Lipinski definition) is 4. The summed E-state index contributed by atoms with van der Waals surface area (Å²) >= 11 is 6.07. The number of carbonyl (C=O) groups is 1. The second kappa shape index (κ2) is 6.26. The zero-order valence-electron chi connectivity index (χ0n) is 11.6. The zero-order chi connectivity index (χ0) is 14.7.